The topological polar surface area (TPSA) is 46.4 Å². The molecule has 0 saturated heterocycles. The number of anilines is 1. The number of amides is 1. The van der Waals surface area contributed by atoms with E-state index in [0.29, 0.717) is 17.9 Å². The Balaban J connectivity index is 1.77. The minimum absolute atomic E-state index is 0.0128. The number of nitrogens with zero attached hydrogens (tertiary/aromatic N) is 2. The fraction of sp³-hybridized carbons (Fsp3) is 0.391. The van der Waals surface area contributed by atoms with E-state index in [1.54, 1.807) is 12.1 Å². The minimum atomic E-state index is -0.294. The first-order chi connectivity index (χ1) is 13.6. The molecule has 0 aliphatic rings. The normalized spacial score (nSPS) is 11.1. The number of imidazole rings is 1. The molecular formula is C23H28FN3O. The number of carbonyl (C=O) groups is 1. The van der Waals surface area contributed by atoms with Gasteiger partial charge in [0.2, 0.25) is 5.91 Å². The van der Waals surface area contributed by atoms with E-state index >= 15 is 0 Å². The van der Waals surface area contributed by atoms with Crippen LogP contribution in [0.3, 0.4) is 0 Å². The highest BCUT2D eigenvalue weighted by molar-refractivity contribution is 5.94. The first-order valence-corrected chi connectivity index (χ1v) is 10.1. The fourth-order valence-corrected chi connectivity index (χ4v) is 3.34. The second-order valence-electron chi connectivity index (χ2n) is 7.31. The second-order valence-corrected chi connectivity index (χ2v) is 7.31. The molecule has 0 atom stereocenters. The molecule has 2 aromatic heterocycles. The standard InChI is InChI=1S/C23H28FN3O/c1-3-4-5-6-7-8-9-21(28)26-23-22(18-10-12-19(24)13-11-18)25-20-16-17(2)14-15-27(20)23/h10-16H,3-9H2,1-2H3,(H,26,28). The Kier molecular flexibility index (Phi) is 6.80. The first kappa shape index (κ1) is 20.1. The number of hydrogen-bond acceptors (Lipinski definition) is 2. The van der Waals surface area contributed by atoms with E-state index in [0.717, 1.165) is 29.6 Å². The molecule has 2 heterocycles. The molecule has 0 radical (unpaired) electrons. The molecule has 5 heteroatoms. The number of aryl methyl sites for hydroxylation is 1. The van der Waals surface area contributed by atoms with Gasteiger partial charge in [0.1, 0.15) is 23.0 Å². The van der Waals surface area contributed by atoms with Crippen LogP contribution < -0.4 is 5.32 Å². The van der Waals surface area contributed by atoms with Crippen LogP contribution in [0.5, 0.6) is 0 Å². The Morgan fingerprint density at radius 2 is 1.79 bits per heavy atom. The van der Waals surface area contributed by atoms with Gasteiger partial charge in [0.15, 0.2) is 0 Å². The number of fused-ring (bicyclic) bond motifs is 1. The van der Waals surface area contributed by atoms with E-state index in [-0.39, 0.29) is 11.7 Å². The van der Waals surface area contributed by atoms with Crippen LogP contribution in [0.4, 0.5) is 10.2 Å². The number of pyridine rings is 1. The molecule has 1 amide bonds. The lowest BCUT2D eigenvalue weighted by Gasteiger charge is -2.08. The zero-order valence-electron chi connectivity index (χ0n) is 16.7. The van der Waals surface area contributed by atoms with E-state index in [2.05, 4.69) is 17.2 Å². The van der Waals surface area contributed by atoms with Crippen molar-refractivity contribution in [3.05, 3.63) is 54.0 Å². The summed E-state index contributed by atoms with van der Waals surface area (Å²) in [5.74, 6) is 0.329. The maximum atomic E-state index is 13.3. The van der Waals surface area contributed by atoms with Gasteiger partial charge in [-0.3, -0.25) is 9.20 Å². The summed E-state index contributed by atoms with van der Waals surface area (Å²) >= 11 is 0. The molecule has 3 aromatic rings. The summed E-state index contributed by atoms with van der Waals surface area (Å²) in [6, 6.07) is 10.1. The smallest absolute Gasteiger partial charge is 0.225 e. The van der Waals surface area contributed by atoms with Gasteiger partial charge in [-0.05, 0) is 55.3 Å². The molecule has 148 valence electrons. The van der Waals surface area contributed by atoms with Gasteiger partial charge < -0.3 is 5.32 Å². The van der Waals surface area contributed by atoms with E-state index in [4.69, 9.17) is 0 Å². The van der Waals surface area contributed by atoms with Crippen LogP contribution in [0.1, 0.15) is 57.4 Å². The number of benzene rings is 1. The SMILES string of the molecule is CCCCCCCCC(=O)Nc1c(-c2ccc(F)cc2)nc2cc(C)ccn12. The Labute approximate surface area is 165 Å². The van der Waals surface area contributed by atoms with Crippen molar-refractivity contribution in [2.24, 2.45) is 0 Å². The Hall–Kier alpha value is -2.69. The molecule has 0 unspecified atom stereocenters. The van der Waals surface area contributed by atoms with Crippen LogP contribution in [-0.4, -0.2) is 15.3 Å². The quantitative estimate of drug-likeness (QED) is 0.453. The number of rotatable bonds is 9. The third-order valence-electron chi connectivity index (χ3n) is 4.91. The average Bonchev–Trinajstić information content (AvgIpc) is 3.02. The summed E-state index contributed by atoms with van der Waals surface area (Å²) < 4.78 is 15.2. The van der Waals surface area contributed by atoms with Crippen molar-refractivity contribution >= 4 is 17.4 Å². The lowest BCUT2D eigenvalue weighted by Crippen LogP contribution is -2.13. The van der Waals surface area contributed by atoms with Crippen molar-refractivity contribution in [1.82, 2.24) is 9.38 Å². The monoisotopic (exact) mass is 381 g/mol. The summed E-state index contributed by atoms with van der Waals surface area (Å²) in [5, 5.41) is 3.04. The fourth-order valence-electron chi connectivity index (χ4n) is 3.34. The average molecular weight is 381 g/mol. The summed E-state index contributed by atoms with van der Waals surface area (Å²) in [5.41, 5.74) is 3.28. The molecule has 1 aromatic carbocycles. The van der Waals surface area contributed by atoms with E-state index in [1.165, 1.54) is 37.8 Å². The van der Waals surface area contributed by atoms with Gasteiger partial charge in [0.05, 0.1) is 0 Å². The van der Waals surface area contributed by atoms with E-state index in [9.17, 15) is 9.18 Å². The molecule has 0 aliphatic heterocycles. The van der Waals surface area contributed by atoms with Gasteiger partial charge in [0.25, 0.3) is 0 Å². The van der Waals surface area contributed by atoms with Gasteiger partial charge in [-0.15, -0.1) is 0 Å². The largest absolute Gasteiger partial charge is 0.310 e. The van der Waals surface area contributed by atoms with Crippen molar-refractivity contribution in [3.63, 3.8) is 0 Å². The molecule has 0 bridgehead atoms. The van der Waals surface area contributed by atoms with Crippen LogP contribution in [0.15, 0.2) is 42.6 Å². The van der Waals surface area contributed by atoms with Crippen molar-refractivity contribution < 1.29 is 9.18 Å². The number of hydrogen-bond donors (Lipinski definition) is 1. The zero-order chi connectivity index (χ0) is 19.9. The maximum absolute atomic E-state index is 13.3. The van der Waals surface area contributed by atoms with Crippen molar-refractivity contribution in [2.75, 3.05) is 5.32 Å². The van der Waals surface area contributed by atoms with E-state index in [1.807, 2.05) is 29.7 Å². The number of nitrogens with one attached hydrogen (secondary N) is 1. The maximum Gasteiger partial charge on any atom is 0.225 e. The van der Waals surface area contributed by atoms with E-state index < -0.39 is 0 Å². The predicted octanol–water partition coefficient (Wildman–Crippen LogP) is 6.14. The molecule has 0 aliphatic carbocycles. The van der Waals surface area contributed by atoms with Gasteiger partial charge in [-0.1, -0.05) is 39.0 Å². The van der Waals surface area contributed by atoms with Crippen LogP contribution in [-0.2, 0) is 4.79 Å². The van der Waals surface area contributed by atoms with Crippen LogP contribution in [0.25, 0.3) is 16.9 Å². The molecule has 0 fully saturated rings. The summed E-state index contributed by atoms with van der Waals surface area (Å²) in [4.78, 5) is 17.2. The van der Waals surface area contributed by atoms with Gasteiger partial charge in [-0.2, -0.15) is 0 Å². The molecule has 28 heavy (non-hydrogen) atoms. The van der Waals surface area contributed by atoms with Gasteiger partial charge in [0, 0.05) is 18.2 Å². The number of carbonyl (C=O) groups excluding carboxylic acids is 1. The van der Waals surface area contributed by atoms with Crippen LogP contribution in [0, 0.1) is 12.7 Å². The highest BCUT2D eigenvalue weighted by atomic mass is 19.1. The third-order valence-corrected chi connectivity index (χ3v) is 4.91. The molecule has 1 N–H and O–H groups in total. The molecule has 0 spiro atoms. The lowest BCUT2D eigenvalue weighted by atomic mass is 10.1. The molecular weight excluding hydrogens is 353 g/mol. The summed E-state index contributed by atoms with van der Waals surface area (Å²) in [6.45, 7) is 4.20. The number of halogens is 1. The van der Waals surface area contributed by atoms with Crippen LogP contribution >= 0.6 is 0 Å². The summed E-state index contributed by atoms with van der Waals surface area (Å²) in [6.07, 6.45) is 9.26. The molecule has 4 nitrogen and oxygen atoms in total. The van der Waals surface area contributed by atoms with Crippen molar-refractivity contribution in [2.45, 2.75) is 58.8 Å². The first-order valence-electron chi connectivity index (χ1n) is 10.1. The molecule has 0 saturated carbocycles. The second kappa shape index (κ2) is 9.49. The Morgan fingerprint density at radius 1 is 1.07 bits per heavy atom. The Bertz CT molecular complexity index is 931. The molecule has 3 rings (SSSR count). The van der Waals surface area contributed by atoms with Crippen molar-refractivity contribution in [1.29, 1.82) is 0 Å². The van der Waals surface area contributed by atoms with Gasteiger partial charge >= 0.3 is 0 Å². The highest BCUT2D eigenvalue weighted by Gasteiger charge is 2.16. The zero-order valence-corrected chi connectivity index (χ0v) is 16.7. The predicted molar refractivity (Wildman–Crippen MR) is 112 cm³/mol. The van der Waals surface area contributed by atoms with Crippen LogP contribution in [0.2, 0.25) is 0 Å². The minimum Gasteiger partial charge on any atom is -0.310 e. The van der Waals surface area contributed by atoms with Crippen molar-refractivity contribution in [3.8, 4) is 11.3 Å². The summed E-state index contributed by atoms with van der Waals surface area (Å²) in [7, 11) is 0. The number of unbranched alkanes of at least 4 members (excludes halogenated alkanes) is 5. The third kappa shape index (κ3) is 4.97. The Morgan fingerprint density at radius 3 is 2.54 bits per heavy atom. The number of aromatic nitrogens is 2. The highest BCUT2D eigenvalue weighted by Crippen LogP contribution is 2.29. The van der Waals surface area contributed by atoms with Gasteiger partial charge in [-0.25, -0.2) is 9.37 Å². The lowest BCUT2D eigenvalue weighted by molar-refractivity contribution is -0.116.